The second-order valence-electron chi connectivity index (χ2n) is 7.18. The predicted octanol–water partition coefficient (Wildman–Crippen LogP) is 4.45. The SMILES string of the molecule is CCOc1cc(C(=O)N(C)Cc2ncc(C)c(C=N)c2N)ccc1-c1cccc(F)c1. The first kappa shape index (κ1) is 22.0. The number of nitrogens with one attached hydrogen (secondary N) is 1. The maximum Gasteiger partial charge on any atom is 0.254 e. The Bertz CT molecular complexity index is 1130. The summed E-state index contributed by atoms with van der Waals surface area (Å²) in [5.41, 5.74) is 10.3. The van der Waals surface area contributed by atoms with Crippen LogP contribution in [0.25, 0.3) is 11.1 Å². The molecule has 2 aromatic carbocycles. The summed E-state index contributed by atoms with van der Waals surface area (Å²) in [7, 11) is 1.66. The van der Waals surface area contributed by atoms with E-state index in [0.29, 0.717) is 46.0 Å². The Morgan fingerprint density at radius 2 is 2.06 bits per heavy atom. The third kappa shape index (κ3) is 4.71. The van der Waals surface area contributed by atoms with Gasteiger partial charge in [-0.15, -0.1) is 0 Å². The van der Waals surface area contributed by atoms with E-state index in [9.17, 15) is 9.18 Å². The zero-order valence-corrected chi connectivity index (χ0v) is 17.8. The minimum Gasteiger partial charge on any atom is -0.493 e. The van der Waals surface area contributed by atoms with Crippen LogP contribution in [0.1, 0.15) is 34.1 Å². The predicted molar refractivity (Wildman–Crippen MR) is 120 cm³/mol. The van der Waals surface area contributed by atoms with Crippen LogP contribution in [0.3, 0.4) is 0 Å². The number of pyridine rings is 1. The first-order valence-electron chi connectivity index (χ1n) is 9.88. The molecule has 0 fully saturated rings. The van der Waals surface area contributed by atoms with Crippen LogP contribution in [0.15, 0.2) is 48.7 Å². The molecule has 31 heavy (non-hydrogen) atoms. The van der Waals surface area contributed by atoms with Gasteiger partial charge in [0.2, 0.25) is 0 Å². The first-order valence-corrected chi connectivity index (χ1v) is 9.88. The van der Waals surface area contributed by atoms with Crippen molar-refractivity contribution in [2.75, 3.05) is 19.4 Å². The maximum absolute atomic E-state index is 13.7. The Balaban J connectivity index is 1.89. The molecule has 0 spiro atoms. The molecule has 1 amide bonds. The molecule has 1 aromatic heterocycles. The number of nitrogens with two attached hydrogens (primary N) is 1. The van der Waals surface area contributed by atoms with Gasteiger partial charge >= 0.3 is 0 Å². The highest BCUT2D eigenvalue weighted by Crippen LogP contribution is 2.32. The third-order valence-corrected chi connectivity index (χ3v) is 4.98. The summed E-state index contributed by atoms with van der Waals surface area (Å²) in [5, 5.41) is 7.54. The van der Waals surface area contributed by atoms with E-state index in [-0.39, 0.29) is 18.3 Å². The van der Waals surface area contributed by atoms with Crippen molar-refractivity contribution >= 4 is 17.8 Å². The van der Waals surface area contributed by atoms with Crippen LogP contribution < -0.4 is 10.5 Å². The van der Waals surface area contributed by atoms with E-state index in [1.165, 1.54) is 23.2 Å². The highest BCUT2D eigenvalue weighted by Gasteiger charge is 2.18. The molecule has 6 nitrogen and oxygen atoms in total. The van der Waals surface area contributed by atoms with Gasteiger partial charge in [0.25, 0.3) is 5.91 Å². The lowest BCUT2D eigenvalue weighted by molar-refractivity contribution is 0.0783. The van der Waals surface area contributed by atoms with E-state index in [1.54, 1.807) is 43.6 Å². The number of nitrogens with zero attached hydrogens (tertiary/aromatic N) is 2. The van der Waals surface area contributed by atoms with E-state index >= 15 is 0 Å². The molecule has 0 radical (unpaired) electrons. The Morgan fingerprint density at radius 3 is 2.74 bits per heavy atom. The van der Waals surface area contributed by atoms with E-state index in [0.717, 1.165) is 5.56 Å². The number of aromatic nitrogens is 1. The summed E-state index contributed by atoms with van der Waals surface area (Å²) >= 11 is 0. The molecule has 1 heterocycles. The Kier molecular flexibility index (Phi) is 6.65. The van der Waals surface area contributed by atoms with Crippen LogP contribution in [-0.4, -0.2) is 35.7 Å². The van der Waals surface area contributed by atoms with Gasteiger partial charge < -0.3 is 20.8 Å². The monoisotopic (exact) mass is 420 g/mol. The van der Waals surface area contributed by atoms with Crippen LogP contribution in [0.5, 0.6) is 5.75 Å². The number of nitrogen functional groups attached to an aromatic ring is 1. The van der Waals surface area contributed by atoms with Crippen LogP contribution in [0, 0.1) is 18.2 Å². The van der Waals surface area contributed by atoms with E-state index in [2.05, 4.69) is 4.98 Å². The lowest BCUT2D eigenvalue weighted by atomic mass is 10.0. The van der Waals surface area contributed by atoms with Gasteiger partial charge in [0.15, 0.2) is 0 Å². The van der Waals surface area contributed by atoms with Crippen LogP contribution in [0.2, 0.25) is 0 Å². The summed E-state index contributed by atoms with van der Waals surface area (Å²) in [5.74, 6) is -0.0661. The lowest BCUT2D eigenvalue weighted by Crippen LogP contribution is -2.27. The standard InChI is InChI=1S/C24H25FN4O2/c1-4-31-22-11-17(8-9-19(22)16-6-5-7-18(25)10-16)24(30)29(3)14-21-23(27)20(12-26)15(2)13-28-21/h5-13,26H,4,14,27H2,1-3H3. The van der Waals surface area contributed by atoms with Crippen molar-refractivity contribution in [2.24, 2.45) is 0 Å². The fraction of sp³-hybridized carbons (Fsp3) is 0.208. The van der Waals surface area contributed by atoms with Crippen molar-refractivity contribution in [3.05, 3.63) is 76.9 Å². The molecule has 0 saturated carbocycles. The Hall–Kier alpha value is -3.74. The van der Waals surface area contributed by atoms with Crippen molar-refractivity contribution in [1.29, 1.82) is 5.41 Å². The van der Waals surface area contributed by atoms with E-state index in [4.69, 9.17) is 15.9 Å². The summed E-state index contributed by atoms with van der Waals surface area (Å²) < 4.78 is 19.4. The summed E-state index contributed by atoms with van der Waals surface area (Å²) in [6.45, 7) is 4.29. The number of amides is 1. The van der Waals surface area contributed by atoms with Gasteiger partial charge in [-0.3, -0.25) is 9.78 Å². The van der Waals surface area contributed by atoms with Gasteiger partial charge in [-0.2, -0.15) is 0 Å². The quantitative estimate of drug-likeness (QED) is 0.553. The van der Waals surface area contributed by atoms with Crippen LogP contribution in [-0.2, 0) is 6.54 Å². The largest absolute Gasteiger partial charge is 0.493 e. The lowest BCUT2D eigenvalue weighted by Gasteiger charge is -2.20. The molecule has 3 aromatic rings. The average Bonchev–Trinajstić information content (AvgIpc) is 2.75. The first-order chi connectivity index (χ1) is 14.8. The number of hydrogen-bond donors (Lipinski definition) is 2. The molecule has 0 bridgehead atoms. The molecule has 0 unspecified atom stereocenters. The van der Waals surface area contributed by atoms with Gasteiger partial charge in [0.1, 0.15) is 11.6 Å². The average molecular weight is 420 g/mol. The fourth-order valence-corrected chi connectivity index (χ4v) is 3.34. The molecule has 3 rings (SSSR count). The second-order valence-corrected chi connectivity index (χ2v) is 7.18. The molecule has 160 valence electrons. The number of carbonyl (C=O) groups excluding carboxylic acids is 1. The van der Waals surface area contributed by atoms with Gasteiger partial charge in [0, 0.05) is 36.1 Å². The molecule has 0 aliphatic heterocycles. The van der Waals surface area contributed by atoms with Crippen LogP contribution in [0.4, 0.5) is 10.1 Å². The number of carbonyl (C=O) groups is 1. The van der Waals surface area contributed by atoms with Gasteiger partial charge in [-0.25, -0.2) is 4.39 Å². The Labute approximate surface area is 181 Å². The zero-order valence-electron chi connectivity index (χ0n) is 17.8. The van der Waals surface area contributed by atoms with Crippen molar-refractivity contribution in [1.82, 2.24) is 9.88 Å². The van der Waals surface area contributed by atoms with Crippen molar-refractivity contribution < 1.29 is 13.9 Å². The molecular weight excluding hydrogens is 395 g/mol. The number of aryl methyl sites for hydroxylation is 1. The van der Waals surface area contributed by atoms with Gasteiger partial charge in [0.05, 0.1) is 24.5 Å². The van der Waals surface area contributed by atoms with Crippen molar-refractivity contribution in [3.8, 4) is 16.9 Å². The number of rotatable bonds is 7. The van der Waals surface area contributed by atoms with Crippen LogP contribution >= 0.6 is 0 Å². The fourth-order valence-electron chi connectivity index (χ4n) is 3.34. The summed E-state index contributed by atoms with van der Waals surface area (Å²) in [4.78, 5) is 18.9. The minimum absolute atomic E-state index is 0.196. The number of halogens is 1. The van der Waals surface area contributed by atoms with Crippen molar-refractivity contribution in [2.45, 2.75) is 20.4 Å². The molecule has 3 N–H and O–H groups in total. The summed E-state index contributed by atoms with van der Waals surface area (Å²) in [6, 6.07) is 11.3. The number of ether oxygens (including phenoxy) is 1. The van der Waals surface area contributed by atoms with Gasteiger partial charge in [-0.1, -0.05) is 12.1 Å². The smallest absolute Gasteiger partial charge is 0.254 e. The normalized spacial score (nSPS) is 10.6. The topological polar surface area (TPSA) is 92.3 Å². The highest BCUT2D eigenvalue weighted by atomic mass is 19.1. The number of anilines is 1. The zero-order chi connectivity index (χ0) is 22.5. The second kappa shape index (κ2) is 9.38. The molecule has 0 atom stereocenters. The minimum atomic E-state index is -0.340. The Morgan fingerprint density at radius 1 is 1.29 bits per heavy atom. The van der Waals surface area contributed by atoms with Crippen molar-refractivity contribution in [3.63, 3.8) is 0 Å². The van der Waals surface area contributed by atoms with E-state index in [1.807, 2.05) is 13.8 Å². The van der Waals surface area contributed by atoms with Gasteiger partial charge in [-0.05, 0) is 55.3 Å². The van der Waals surface area contributed by atoms with E-state index < -0.39 is 0 Å². The molecule has 0 aliphatic carbocycles. The summed E-state index contributed by atoms with van der Waals surface area (Å²) in [6.07, 6.45) is 2.84. The number of benzene rings is 2. The molecule has 0 aliphatic rings. The molecule has 7 heteroatoms. The maximum atomic E-state index is 13.7. The molecular formula is C24H25FN4O2. The molecule has 0 saturated heterocycles. The number of hydrogen-bond acceptors (Lipinski definition) is 5. The highest BCUT2D eigenvalue weighted by molar-refractivity contribution is 5.95. The third-order valence-electron chi connectivity index (χ3n) is 4.98.